The fraction of sp³-hybridized carbons (Fsp3) is 0.500. The summed E-state index contributed by atoms with van der Waals surface area (Å²) in [5.41, 5.74) is 0.819. The van der Waals surface area contributed by atoms with Gasteiger partial charge < -0.3 is 19.7 Å². The maximum absolute atomic E-state index is 14.5. The third kappa shape index (κ3) is 4.06. The Morgan fingerprint density at radius 2 is 2.15 bits per heavy atom. The van der Waals surface area contributed by atoms with Gasteiger partial charge in [0, 0.05) is 35.4 Å². The number of benzene rings is 1. The largest absolute Gasteiger partial charge is 0.453 e. The van der Waals surface area contributed by atoms with Gasteiger partial charge in [-0.15, -0.1) is 0 Å². The zero-order chi connectivity index (χ0) is 18.7. The second-order valence-electron chi connectivity index (χ2n) is 5.96. The quantitative estimate of drug-likeness (QED) is 0.834. The van der Waals surface area contributed by atoms with Crippen LogP contribution in [0.15, 0.2) is 18.2 Å². The van der Waals surface area contributed by atoms with E-state index in [1.807, 2.05) is 4.90 Å². The van der Waals surface area contributed by atoms with Crippen LogP contribution in [-0.2, 0) is 20.3 Å². The van der Waals surface area contributed by atoms with E-state index in [4.69, 9.17) is 4.74 Å². The van der Waals surface area contributed by atoms with E-state index in [-0.39, 0.29) is 13.1 Å². The number of carbonyl (C=O) groups excluding carboxylic acids is 2. The molecule has 8 nitrogen and oxygen atoms in total. The Kier molecular flexibility index (Phi) is 5.60. The number of nitrogens with zero attached hydrogens (tertiary/aromatic N) is 2. The zero-order valence-corrected chi connectivity index (χ0v) is 15.1. The highest BCUT2D eigenvalue weighted by molar-refractivity contribution is 7.85. The molecule has 2 saturated heterocycles. The van der Waals surface area contributed by atoms with Crippen molar-refractivity contribution in [3.63, 3.8) is 0 Å². The molecule has 2 heterocycles. The molecule has 1 N–H and O–H groups in total. The SMILES string of the molecule is COC(=O)NC[C@H]1CN(c2ccc(N3CCS(=O)CC3)c(F)c2)C(=O)O1. The van der Waals surface area contributed by atoms with Crippen LogP contribution < -0.4 is 15.1 Å². The molecule has 2 aliphatic heterocycles. The Labute approximate surface area is 152 Å². The van der Waals surface area contributed by atoms with Gasteiger partial charge >= 0.3 is 12.2 Å². The first-order chi connectivity index (χ1) is 12.5. The van der Waals surface area contributed by atoms with Crippen molar-refractivity contribution >= 4 is 34.4 Å². The summed E-state index contributed by atoms with van der Waals surface area (Å²) in [4.78, 5) is 26.3. The lowest BCUT2D eigenvalue weighted by molar-refractivity contribution is 0.132. The van der Waals surface area contributed by atoms with Gasteiger partial charge in [0.15, 0.2) is 0 Å². The van der Waals surface area contributed by atoms with Crippen molar-refractivity contribution in [3.05, 3.63) is 24.0 Å². The Hall–Kier alpha value is -2.36. The molecular formula is C16H20FN3O5S. The van der Waals surface area contributed by atoms with E-state index in [0.717, 1.165) is 0 Å². The first kappa shape index (κ1) is 18.4. The Morgan fingerprint density at radius 1 is 1.42 bits per heavy atom. The Bertz CT molecular complexity index is 722. The van der Waals surface area contributed by atoms with Crippen LogP contribution in [0.1, 0.15) is 0 Å². The van der Waals surface area contributed by atoms with Gasteiger partial charge in [0.05, 0.1) is 31.6 Å². The number of rotatable bonds is 4. The van der Waals surface area contributed by atoms with E-state index in [1.165, 1.54) is 18.1 Å². The molecule has 1 aromatic carbocycles. The number of cyclic esters (lactones) is 1. The average molecular weight is 385 g/mol. The van der Waals surface area contributed by atoms with Crippen LogP contribution in [0.4, 0.5) is 25.4 Å². The van der Waals surface area contributed by atoms with Gasteiger partial charge in [0.1, 0.15) is 11.9 Å². The number of amides is 2. The molecule has 3 rings (SSSR count). The zero-order valence-electron chi connectivity index (χ0n) is 14.3. The number of alkyl carbamates (subject to hydrolysis) is 1. The van der Waals surface area contributed by atoms with Gasteiger partial charge in [-0.3, -0.25) is 9.11 Å². The van der Waals surface area contributed by atoms with Crippen molar-refractivity contribution in [2.75, 3.05) is 54.6 Å². The molecule has 2 fully saturated rings. The lowest BCUT2D eigenvalue weighted by atomic mass is 10.2. The number of hydrogen-bond donors (Lipinski definition) is 1. The summed E-state index contributed by atoms with van der Waals surface area (Å²) in [6.07, 6.45) is -1.75. The number of carbonyl (C=O) groups is 2. The molecule has 2 amide bonds. The smallest absolute Gasteiger partial charge is 0.414 e. The topological polar surface area (TPSA) is 88.2 Å². The molecule has 1 atom stereocenters. The summed E-state index contributed by atoms with van der Waals surface area (Å²) in [6.45, 7) is 1.39. The van der Waals surface area contributed by atoms with Crippen LogP contribution in [0, 0.1) is 5.82 Å². The van der Waals surface area contributed by atoms with E-state index in [0.29, 0.717) is 36.0 Å². The molecule has 0 unspecified atom stereocenters. The molecule has 0 aromatic heterocycles. The second kappa shape index (κ2) is 7.90. The molecule has 10 heteroatoms. The van der Waals surface area contributed by atoms with E-state index in [1.54, 1.807) is 12.1 Å². The minimum Gasteiger partial charge on any atom is -0.453 e. The monoisotopic (exact) mass is 385 g/mol. The molecular weight excluding hydrogens is 365 g/mol. The second-order valence-corrected chi connectivity index (χ2v) is 7.66. The van der Waals surface area contributed by atoms with Crippen LogP contribution in [-0.4, -0.2) is 67.3 Å². The third-order valence-corrected chi connectivity index (χ3v) is 5.57. The van der Waals surface area contributed by atoms with Crippen LogP contribution in [0.2, 0.25) is 0 Å². The van der Waals surface area contributed by atoms with E-state index < -0.39 is 34.9 Å². The molecule has 0 bridgehead atoms. The maximum atomic E-state index is 14.5. The van der Waals surface area contributed by atoms with Crippen molar-refractivity contribution in [3.8, 4) is 0 Å². The fourth-order valence-corrected chi connectivity index (χ4v) is 3.96. The first-order valence-electron chi connectivity index (χ1n) is 8.17. The van der Waals surface area contributed by atoms with E-state index in [2.05, 4.69) is 10.1 Å². The van der Waals surface area contributed by atoms with Crippen LogP contribution in [0.5, 0.6) is 0 Å². The Balaban J connectivity index is 1.66. The van der Waals surface area contributed by atoms with Gasteiger partial charge in [-0.2, -0.15) is 0 Å². The van der Waals surface area contributed by atoms with Crippen molar-refractivity contribution in [2.24, 2.45) is 0 Å². The standard InChI is InChI=1S/C16H20FN3O5S/c1-24-15(21)18-9-12-10-20(16(22)25-12)11-2-3-14(13(17)8-11)19-4-6-26(23)7-5-19/h2-3,8,12H,4-7,9-10H2,1H3,(H,18,21)/t12-/m0/s1. The van der Waals surface area contributed by atoms with Gasteiger partial charge in [-0.1, -0.05) is 0 Å². The number of halogens is 1. The highest BCUT2D eigenvalue weighted by Gasteiger charge is 2.33. The molecule has 0 radical (unpaired) electrons. The van der Waals surface area contributed by atoms with Crippen LogP contribution in [0.25, 0.3) is 0 Å². The molecule has 0 saturated carbocycles. The molecule has 26 heavy (non-hydrogen) atoms. The van der Waals surface area contributed by atoms with Crippen LogP contribution >= 0.6 is 0 Å². The summed E-state index contributed by atoms with van der Waals surface area (Å²) in [5, 5.41) is 2.46. The number of nitrogens with one attached hydrogen (secondary N) is 1. The summed E-state index contributed by atoms with van der Waals surface area (Å²) >= 11 is 0. The summed E-state index contributed by atoms with van der Waals surface area (Å²) in [6, 6.07) is 4.56. The first-order valence-corrected chi connectivity index (χ1v) is 9.66. The lowest BCUT2D eigenvalue weighted by Crippen LogP contribution is -2.38. The summed E-state index contributed by atoms with van der Waals surface area (Å²) in [7, 11) is 0.408. The predicted octanol–water partition coefficient (Wildman–Crippen LogP) is 1.08. The molecule has 1 aromatic rings. The fourth-order valence-electron chi connectivity index (χ4n) is 2.91. The van der Waals surface area contributed by atoms with Gasteiger partial charge in [-0.05, 0) is 18.2 Å². The highest BCUT2D eigenvalue weighted by Crippen LogP contribution is 2.28. The van der Waals surface area contributed by atoms with Gasteiger partial charge in [-0.25, -0.2) is 14.0 Å². The maximum Gasteiger partial charge on any atom is 0.414 e. The Morgan fingerprint density at radius 3 is 2.81 bits per heavy atom. The number of ether oxygens (including phenoxy) is 2. The number of anilines is 2. The molecule has 2 aliphatic rings. The van der Waals surface area contributed by atoms with Gasteiger partial charge in [0.2, 0.25) is 0 Å². The minimum absolute atomic E-state index is 0.112. The van der Waals surface area contributed by atoms with E-state index in [9.17, 15) is 18.2 Å². The summed E-state index contributed by atoms with van der Waals surface area (Å²) < 4.78 is 35.6. The van der Waals surface area contributed by atoms with E-state index >= 15 is 0 Å². The van der Waals surface area contributed by atoms with Crippen molar-refractivity contribution in [1.82, 2.24) is 5.32 Å². The normalized spacial score (nSPS) is 20.8. The molecule has 0 spiro atoms. The van der Waals surface area contributed by atoms with Gasteiger partial charge in [0.25, 0.3) is 0 Å². The average Bonchev–Trinajstić information content (AvgIpc) is 3.01. The predicted molar refractivity (Wildman–Crippen MR) is 94.5 cm³/mol. The number of methoxy groups -OCH3 is 1. The third-order valence-electron chi connectivity index (χ3n) is 4.29. The summed E-state index contributed by atoms with van der Waals surface area (Å²) in [5.74, 6) is 0.599. The van der Waals surface area contributed by atoms with Crippen LogP contribution in [0.3, 0.4) is 0 Å². The molecule has 142 valence electrons. The van der Waals surface area contributed by atoms with Crippen molar-refractivity contribution < 1.29 is 27.7 Å². The number of hydrogen-bond acceptors (Lipinski definition) is 6. The molecule has 0 aliphatic carbocycles. The minimum atomic E-state index is -0.835. The lowest BCUT2D eigenvalue weighted by Gasteiger charge is -2.29. The van der Waals surface area contributed by atoms with Crippen molar-refractivity contribution in [2.45, 2.75) is 6.10 Å². The highest BCUT2D eigenvalue weighted by atomic mass is 32.2. The van der Waals surface area contributed by atoms with Crippen molar-refractivity contribution in [1.29, 1.82) is 0 Å².